The summed E-state index contributed by atoms with van der Waals surface area (Å²) in [5.41, 5.74) is 1.23. The van der Waals surface area contributed by atoms with Crippen molar-refractivity contribution in [2.75, 3.05) is 26.6 Å². The largest absolute Gasteiger partial charge is 0.478 e. The molecule has 0 N–H and O–H groups in total. The SMILES string of the molecule is Fc1ccc(C2CCN(COc3ccc4c(c3)OCO4)CC2)cc1. The first-order valence-corrected chi connectivity index (χ1v) is 8.28. The van der Waals surface area contributed by atoms with Crippen molar-refractivity contribution in [3.63, 3.8) is 0 Å². The van der Waals surface area contributed by atoms with Crippen LogP contribution in [0.2, 0.25) is 0 Å². The van der Waals surface area contributed by atoms with Gasteiger partial charge in [-0.25, -0.2) is 4.39 Å². The van der Waals surface area contributed by atoms with Gasteiger partial charge in [0.2, 0.25) is 6.79 Å². The summed E-state index contributed by atoms with van der Waals surface area (Å²) < 4.78 is 29.5. The van der Waals surface area contributed by atoms with E-state index < -0.39 is 0 Å². The van der Waals surface area contributed by atoms with E-state index in [1.54, 1.807) is 12.1 Å². The van der Waals surface area contributed by atoms with E-state index >= 15 is 0 Å². The minimum atomic E-state index is -0.173. The Balaban J connectivity index is 1.28. The van der Waals surface area contributed by atoms with Gasteiger partial charge in [-0.15, -0.1) is 0 Å². The highest BCUT2D eigenvalue weighted by atomic mass is 19.1. The summed E-state index contributed by atoms with van der Waals surface area (Å²) in [4.78, 5) is 2.30. The summed E-state index contributed by atoms with van der Waals surface area (Å²) in [7, 11) is 0. The van der Waals surface area contributed by atoms with Gasteiger partial charge in [-0.3, -0.25) is 4.90 Å². The standard InChI is InChI=1S/C19H20FNO3/c20-16-3-1-14(2-4-16)15-7-9-21(10-8-15)12-22-17-5-6-18-19(11-17)24-13-23-18/h1-6,11,15H,7-10,12-13H2. The Hall–Kier alpha value is -2.27. The highest BCUT2D eigenvalue weighted by Gasteiger charge is 2.21. The second-order valence-electron chi connectivity index (χ2n) is 6.23. The van der Waals surface area contributed by atoms with Crippen LogP contribution in [-0.4, -0.2) is 31.5 Å². The average Bonchev–Trinajstić information content (AvgIpc) is 3.09. The van der Waals surface area contributed by atoms with E-state index in [0.29, 0.717) is 12.6 Å². The van der Waals surface area contributed by atoms with E-state index in [0.717, 1.165) is 43.2 Å². The molecule has 0 bridgehead atoms. The van der Waals surface area contributed by atoms with Gasteiger partial charge in [-0.1, -0.05) is 12.1 Å². The maximum Gasteiger partial charge on any atom is 0.231 e. The molecule has 0 atom stereocenters. The normalized spacial score (nSPS) is 17.9. The molecule has 2 aromatic carbocycles. The van der Waals surface area contributed by atoms with E-state index in [1.165, 1.54) is 5.56 Å². The van der Waals surface area contributed by atoms with Crippen LogP contribution in [0.25, 0.3) is 0 Å². The molecular formula is C19H20FNO3. The molecule has 0 radical (unpaired) electrons. The van der Waals surface area contributed by atoms with Gasteiger partial charge in [0.15, 0.2) is 11.5 Å². The molecule has 24 heavy (non-hydrogen) atoms. The van der Waals surface area contributed by atoms with Crippen LogP contribution >= 0.6 is 0 Å². The van der Waals surface area contributed by atoms with Crippen LogP contribution in [0.15, 0.2) is 42.5 Å². The van der Waals surface area contributed by atoms with Crippen molar-refractivity contribution in [2.45, 2.75) is 18.8 Å². The minimum Gasteiger partial charge on any atom is -0.478 e. The fourth-order valence-corrected chi connectivity index (χ4v) is 3.26. The molecule has 4 rings (SSSR count). The van der Waals surface area contributed by atoms with Crippen molar-refractivity contribution in [1.29, 1.82) is 0 Å². The molecule has 2 aromatic rings. The second kappa shape index (κ2) is 6.69. The zero-order valence-electron chi connectivity index (χ0n) is 13.4. The van der Waals surface area contributed by atoms with E-state index in [2.05, 4.69) is 4.90 Å². The number of hydrogen-bond donors (Lipinski definition) is 0. The number of piperidine rings is 1. The summed E-state index contributed by atoms with van der Waals surface area (Å²) in [6.07, 6.45) is 2.13. The van der Waals surface area contributed by atoms with E-state index in [1.807, 2.05) is 30.3 Å². The lowest BCUT2D eigenvalue weighted by Crippen LogP contribution is -2.35. The highest BCUT2D eigenvalue weighted by molar-refractivity contribution is 5.46. The summed E-state index contributed by atoms with van der Waals surface area (Å²) in [5.74, 6) is 2.63. The molecular weight excluding hydrogens is 309 g/mol. The van der Waals surface area contributed by atoms with Crippen molar-refractivity contribution in [3.8, 4) is 17.2 Å². The number of fused-ring (bicyclic) bond motifs is 1. The first-order valence-electron chi connectivity index (χ1n) is 8.28. The van der Waals surface area contributed by atoms with Crippen LogP contribution in [-0.2, 0) is 0 Å². The number of nitrogens with zero attached hydrogens (tertiary/aromatic N) is 1. The molecule has 0 aromatic heterocycles. The van der Waals surface area contributed by atoms with Gasteiger partial charge in [0, 0.05) is 19.2 Å². The Kier molecular flexibility index (Phi) is 4.26. The van der Waals surface area contributed by atoms with Crippen LogP contribution in [0.5, 0.6) is 17.2 Å². The molecule has 0 amide bonds. The highest BCUT2D eigenvalue weighted by Crippen LogP contribution is 2.35. The Morgan fingerprint density at radius 3 is 2.54 bits per heavy atom. The fourth-order valence-electron chi connectivity index (χ4n) is 3.26. The maximum atomic E-state index is 13.0. The van der Waals surface area contributed by atoms with Gasteiger partial charge < -0.3 is 14.2 Å². The fraction of sp³-hybridized carbons (Fsp3) is 0.368. The third-order valence-corrected chi connectivity index (χ3v) is 4.69. The lowest BCUT2D eigenvalue weighted by molar-refractivity contribution is 0.0996. The molecule has 4 nitrogen and oxygen atoms in total. The van der Waals surface area contributed by atoms with Crippen molar-refractivity contribution in [2.24, 2.45) is 0 Å². The van der Waals surface area contributed by atoms with Crippen LogP contribution < -0.4 is 14.2 Å². The molecule has 0 aliphatic carbocycles. The van der Waals surface area contributed by atoms with Gasteiger partial charge in [-0.05, 0) is 48.6 Å². The number of hydrogen-bond acceptors (Lipinski definition) is 4. The Morgan fingerprint density at radius 1 is 1.00 bits per heavy atom. The molecule has 126 valence electrons. The molecule has 5 heteroatoms. The topological polar surface area (TPSA) is 30.9 Å². The molecule has 2 heterocycles. The summed E-state index contributed by atoms with van der Waals surface area (Å²) in [6, 6.07) is 12.5. The van der Waals surface area contributed by atoms with Crippen LogP contribution in [0.3, 0.4) is 0 Å². The van der Waals surface area contributed by atoms with Crippen molar-refractivity contribution in [3.05, 3.63) is 53.8 Å². The lowest BCUT2D eigenvalue weighted by atomic mass is 9.90. The van der Waals surface area contributed by atoms with Crippen molar-refractivity contribution in [1.82, 2.24) is 4.90 Å². The average molecular weight is 329 g/mol. The second-order valence-corrected chi connectivity index (χ2v) is 6.23. The molecule has 0 saturated carbocycles. The summed E-state index contributed by atoms with van der Waals surface area (Å²) >= 11 is 0. The number of benzene rings is 2. The van der Waals surface area contributed by atoms with Crippen molar-refractivity contribution >= 4 is 0 Å². The van der Waals surface area contributed by atoms with Gasteiger partial charge in [-0.2, -0.15) is 0 Å². The maximum absolute atomic E-state index is 13.0. The quantitative estimate of drug-likeness (QED) is 0.854. The predicted molar refractivity (Wildman–Crippen MR) is 88.0 cm³/mol. The third-order valence-electron chi connectivity index (χ3n) is 4.69. The molecule has 2 aliphatic heterocycles. The molecule has 1 saturated heterocycles. The first kappa shape index (κ1) is 15.3. The summed E-state index contributed by atoms with van der Waals surface area (Å²) in [6.45, 7) is 2.80. The van der Waals surface area contributed by atoms with Gasteiger partial charge >= 0.3 is 0 Å². The van der Waals surface area contributed by atoms with Crippen LogP contribution in [0.1, 0.15) is 24.3 Å². The zero-order valence-corrected chi connectivity index (χ0v) is 13.4. The minimum absolute atomic E-state index is 0.173. The third kappa shape index (κ3) is 3.31. The van der Waals surface area contributed by atoms with E-state index in [9.17, 15) is 4.39 Å². The first-order chi connectivity index (χ1) is 11.8. The Labute approximate surface area is 140 Å². The number of ether oxygens (including phenoxy) is 3. The van der Waals surface area contributed by atoms with Crippen LogP contribution in [0.4, 0.5) is 4.39 Å². The lowest BCUT2D eigenvalue weighted by Gasteiger charge is -2.31. The van der Waals surface area contributed by atoms with Crippen LogP contribution in [0, 0.1) is 5.82 Å². The zero-order chi connectivity index (χ0) is 16.4. The molecule has 1 fully saturated rings. The smallest absolute Gasteiger partial charge is 0.231 e. The van der Waals surface area contributed by atoms with Gasteiger partial charge in [0.05, 0.1) is 0 Å². The molecule has 2 aliphatic rings. The van der Waals surface area contributed by atoms with Crippen molar-refractivity contribution < 1.29 is 18.6 Å². The van der Waals surface area contributed by atoms with E-state index in [4.69, 9.17) is 14.2 Å². The monoisotopic (exact) mass is 329 g/mol. The molecule has 0 unspecified atom stereocenters. The Morgan fingerprint density at radius 2 is 1.75 bits per heavy atom. The number of halogens is 1. The Bertz CT molecular complexity index is 696. The molecule has 0 spiro atoms. The van der Waals surface area contributed by atoms with Gasteiger partial charge in [0.1, 0.15) is 18.3 Å². The summed E-state index contributed by atoms with van der Waals surface area (Å²) in [5, 5.41) is 0. The van der Waals surface area contributed by atoms with E-state index in [-0.39, 0.29) is 12.6 Å². The predicted octanol–water partition coefficient (Wildman–Crippen LogP) is 3.77. The number of likely N-dealkylation sites (tertiary alicyclic amines) is 1. The number of rotatable bonds is 4. The van der Waals surface area contributed by atoms with Gasteiger partial charge in [0.25, 0.3) is 0 Å².